The third-order valence-corrected chi connectivity index (χ3v) is 13.4. The number of imide groups is 2. The molecule has 288 valence electrons. The number of nitrogens with one attached hydrogen (secondary N) is 1. The highest BCUT2D eigenvalue weighted by molar-refractivity contribution is 6.33. The third-order valence-electron chi connectivity index (χ3n) is 13.1. The number of fused-ring (bicyclic) bond motifs is 2. The number of hydrogen-bond donors (Lipinski definition) is 1. The molecule has 0 saturated carbocycles. The number of rotatable bonds is 6. The predicted molar refractivity (Wildman–Crippen MR) is 211 cm³/mol. The minimum absolute atomic E-state index is 0.0759. The van der Waals surface area contributed by atoms with Crippen molar-refractivity contribution in [3.05, 3.63) is 98.9 Å². The molecule has 13 heteroatoms. The zero-order valence-corrected chi connectivity index (χ0v) is 32.0. The standard InChI is InChI=1S/C43H44ClN7O5/c1-45-36-7-6-32(22-35(36)44)50-19-14-43(26-50)12-17-48(18-13-43)31-4-2-28(3-5-31)40(54)49-15-10-27(11-16-49)23-47-24-29-20-33-34(21-30(29)25-47)42(56)51(41(33)55)37-8-9-38(52)46-39(37)53/h2-7,20-22,27,37H,8-19,23-26H2,(H,46,52,53). The van der Waals surface area contributed by atoms with E-state index in [4.69, 9.17) is 18.2 Å². The van der Waals surface area contributed by atoms with E-state index in [-0.39, 0.29) is 30.1 Å². The van der Waals surface area contributed by atoms with Crippen molar-refractivity contribution in [2.24, 2.45) is 11.3 Å². The molecule has 56 heavy (non-hydrogen) atoms. The van der Waals surface area contributed by atoms with Gasteiger partial charge in [0.25, 0.3) is 17.7 Å². The molecule has 6 aliphatic heterocycles. The third kappa shape index (κ3) is 6.60. The highest BCUT2D eigenvalue weighted by atomic mass is 35.5. The summed E-state index contributed by atoms with van der Waals surface area (Å²) >= 11 is 6.34. The van der Waals surface area contributed by atoms with E-state index in [2.05, 4.69) is 37.0 Å². The van der Waals surface area contributed by atoms with E-state index >= 15 is 0 Å². The molecule has 3 aromatic carbocycles. The monoisotopic (exact) mass is 773 g/mol. The lowest BCUT2D eigenvalue weighted by atomic mass is 9.77. The Morgan fingerprint density at radius 2 is 1.43 bits per heavy atom. The molecule has 0 aromatic heterocycles. The van der Waals surface area contributed by atoms with Crippen molar-refractivity contribution in [1.29, 1.82) is 0 Å². The lowest BCUT2D eigenvalue weighted by Crippen LogP contribution is -2.54. The molecule has 1 N–H and O–H groups in total. The van der Waals surface area contributed by atoms with Gasteiger partial charge in [-0.3, -0.25) is 39.1 Å². The summed E-state index contributed by atoms with van der Waals surface area (Å²) in [5.74, 6) is -1.43. The normalized spacial score (nSPS) is 22.5. The highest BCUT2D eigenvalue weighted by Gasteiger charge is 2.46. The minimum Gasteiger partial charge on any atom is -0.371 e. The number of nitrogens with zero attached hydrogens (tertiary/aromatic N) is 6. The quantitative estimate of drug-likeness (QED) is 0.252. The summed E-state index contributed by atoms with van der Waals surface area (Å²) in [6.07, 6.45) is 5.44. The van der Waals surface area contributed by atoms with Crippen molar-refractivity contribution < 1.29 is 24.0 Å². The number of amides is 5. The van der Waals surface area contributed by atoms with Gasteiger partial charge in [-0.25, -0.2) is 4.85 Å². The smallest absolute Gasteiger partial charge is 0.262 e. The van der Waals surface area contributed by atoms with E-state index < -0.39 is 23.8 Å². The summed E-state index contributed by atoms with van der Waals surface area (Å²) in [5.41, 5.74) is 6.44. The van der Waals surface area contributed by atoms with Crippen molar-refractivity contribution in [2.45, 2.75) is 64.1 Å². The number of hydrogen-bond acceptors (Lipinski definition) is 8. The largest absolute Gasteiger partial charge is 0.371 e. The number of halogens is 1. The lowest BCUT2D eigenvalue weighted by Gasteiger charge is -2.40. The van der Waals surface area contributed by atoms with Crippen molar-refractivity contribution in [3.8, 4) is 0 Å². The van der Waals surface area contributed by atoms with Crippen LogP contribution in [0.5, 0.6) is 0 Å². The molecular weight excluding hydrogens is 730 g/mol. The number of anilines is 2. The van der Waals surface area contributed by atoms with Crippen LogP contribution in [0.1, 0.15) is 87.1 Å². The summed E-state index contributed by atoms with van der Waals surface area (Å²) < 4.78 is 0. The van der Waals surface area contributed by atoms with Gasteiger partial charge in [-0.2, -0.15) is 0 Å². The Bertz CT molecular complexity index is 2140. The Labute approximate surface area is 331 Å². The lowest BCUT2D eigenvalue weighted by molar-refractivity contribution is -0.136. The topological polar surface area (TPSA) is 118 Å². The summed E-state index contributed by atoms with van der Waals surface area (Å²) in [5, 5.41) is 2.76. The van der Waals surface area contributed by atoms with Crippen LogP contribution in [0.2, 0.25) is 5.02 Å². The second-order valence-corrected chi connectivity index (χ2v) is 16.9. The summed E-state index contributed by atoms with van der Waals surface area (Å²) in [6, 6.07) is 16.5. The maximum atomic E-state index is 13.5. The van der Waals surface area contributed by atoms with Gasteiger partial charge in [0.15, 0.2) is 0 Å². The molecule has 0 bridgehead atoms. The first-order chi connectivity index (χ1) is 27.1. The van der Waals surface area contributed by atoms with E-state index in [1.165, 1.54) is 0 Å². The SMILES string of the molecule is [C-]#[N+]c1ccc(N2CCC3(CCN(c4ccc(C(=O)N5CCC(CN6Cc7cc8c(cc7C6)C(=O)N(C6CCC(=O)NC6=O)C8=O)CC5)cc4)CC3)C2)cc1Cl. The van der Waals surface area contributed by atoms with Crippen LogP contribution < -0.4 is 15.1 Å². The van der Waals surface area contributed by atoms with Gasteiger partial charge in [-0.05, 0) is 110 Å². The zero-order valence-electron chi connectivity index (χ0n) is 31.3. The van der Waals surface area contributed by atoms with Crippen LogP contribution in [0.15, 0.2) is 54.6 Å². The average molecular weight is 774 g/mol. The Balaban J connectivity index is 0.740. The molecule has 5 amide bonds. The van der Waals surface area contributed by atoms with Gasteiger partial charge in [0.05, 0.1) is 17.7 Å². The Kier molecular flexibility index (Phi) is 9.33. The number of benzene rings is 3. The van der Waals surface area contributed by atoms with Crippen LogP contribution in [0.3, 0.4) is 0 Å². The van der Waals surface area contributed by atoms with Crippen LogP contribution in [0.4, 0.5) is 17.1 Å². The van der Waals surface area contributed by atoms with E-state index in [9.17, 15) is 24.0 Å². The van der Waals surface area contributed by atoms with Crippen molar-refractivity contribution in [2.75, 3.05) is 55.6 Å². The van der Waals surface area contributed by atoms with Crippen LogP contribution in [0, 0.1) is 17.9 Å². The molecule has 0 aliphatic carbocycles. The fourth-order valence-electron chi connectivity index (χ4n) is 9.83. The van der Waals surface area contributed by atoms with E-state index in [0.29, 0.717) is 53.9 Å². The average Bonchev–Trinajstić information content (AvgIpc) is 3.87. The summed E-state index contributed by atoms with van der Waals surface area (Å²) in [6.45, 7) is 14.9. The van der Waals surface area contributed by atoms with E-state index in [1.54, 1.807) is 0 Å². The number of carbonyl (C=O) groups excluding carboxylic acids is 5. The summed E-state index contributed by atoms with van der Waals surface area (Å²) in [4.78, 5) is 77.9. The Morgan fingerprint density at radius 3 is 2.04 bits per heavy atom. The maximum absolute atomic E-state index is 13.5. The number of likely N-dealkylation sites (tertiary alicyclic amines) is 1. The van der Waals surface area contributed by atoms with Crippen molar-refractivity contribution in [3.63, 3.8) is 0 Å². The second-order valence-electron chi connectivity index (χ2n) is 16.5. The Morgan fingerprint density at radius 1 is 0.804 bits per heavy atom. The molecule has 6 heterocycles. The molecule has 1 atom stereocenters. The van der Waals surface area contributed by atoms with Crippen molar-refractivity contribution >= 4 is 58.2 Å². The van der Waals surface area contributed by atoms with Gasteiger partial charge < -0.3 is 14.7 Å². The minimum atomic E-state index is -0.966. The van der Waals surface area contributed by atoms with Crippen molar-refractivity contribution in [1.82, 2.24) is 20.0 Å². The van der Waals surface area contributed by atoms with Gasteiger partial charge in [-0.1, -0.05) is 17.7 Å². The number of piperidine rings is 3. The predicted octanol–water partition coefficient (Wildman–Crippen LogP) is 5.66. The molecule has 1 unspecified atom stereocenters. The molecule has 0 radical (unpaired) electrons. The van der Waals surface area contributed by atoms with Gasteiger partial charge in [0.1, 0.15) is 6.04 Å². The van der Waals surface area contributed by atoms with Crippen LogP contribution in [0.25, 0.3) is 4.85 Å². The molecule has 9 rings (SSSR count). The van der Waals surface area contributed by atoms with E-state index in [0.717, 1.165) is 97.8 Å². The zero-order chi connectivity index (χ0) is 38.7. The molecule has 6 aliphatic rings. The number of carbonyl (C=O) groups is 5. The second kappa shape index (κ2) is 14.4. The van der Waals surface area contributed by atoms with Gasteiger partial charge in [0, 0.05) is 87.3 Å². The first kappa shape index (κ1) is 36.4. The van der Waals surface area contributed by atoms with Gasteiger partial charge in [-0.15, -0.1) is 0 Å². The molecule has 4 fully saturated rings. The van der Waals surface area contributed by atoms with Crippen LogP contribution in [-0.2, 0) is 22.7 Å². The first-order valence-electron chi connectivity index (χ1n) is 19.7. The van der Waals surface area contributed by atoms with Gasteiger partial charge in [0.2, 0.25) is 17.5 Å². The first-order valence-corrected chi connectivity index (χ1v) is 20.1. The maximum Gasteiger partial charge on any atom is 0.262 e. The van der Waals surface area contributed by atoms with Crippen LogP contribution >= 0.6 is 11.6 Å². The fourth-order valence-corrected chi connectivity index (χ4v) is 10.1. The molecule has 3 aromatic rings. The van der Waals surface area contributed by atoms with Gasteiger partial charge >= 0.3 is 0 Å². The van der Waals surface area contributed by atoms with E-state index in [1.807, 2.05) is 47.4 Å². The highest BCUT2D eigenvalue weighted by Crippen LogP contribution is 2.44. The molecular formula is C43H44ClN7O5. The fraction of sp³-hybridized carbons (Fsp3) is 0.442. The molecule has 12 nitrogen and oxygen atoms in total. The molecule has 1 spiro atoms. The van der Waals surface area contributed by atoms with Crippen LogP contribution in [-0.4, -0.2) is 96.1 Å². The Hall–Kier alpha value is -5.25. The molecule has 4 saturated heterocycles. The summed E-state index contributed by atoms with van der Waals surface area (Å²) in [7, 11) is 0.